The summed E-state index contributed by atoms with van der Waals surface area (Å²) in [5.74, 6) is 2.65. The normalized spacial score (nSPS) is 10.4. The van der Waals surface area contributed by atoms with Gasteiger partial charge in [-0.3, -0.25) is 4.68 Å². The molecular weight excluding hydrogens is 218 g/mol. The highest BCUT2D eigenvalue weighted by Crippen LogP contribution is 2.26. The fraction of sp³-hybridized carbons (Fsp3) is 0.364. The first kappa shape index (κ1) is 11.4. The molecule has 1 N–H and O–H groups in total. The van der Waals surface area contributed by atoms with E-state index in [0.717, 1.165) is 11.4 Å². The van der Waals surface area contributed by atoms with Crippen LogP contribution >= 0.6 is 0 Å². The SMILES string of the molecule is CNc1nc(C)nc(Oc2cnn(C)c2)c1C. The van der Waals surface area contributed by atoms with E-state index < -0.39 is 0 Å². The minimum Gasteiger partial charge on any atom is -0.435 e. The van der Waals surface area contributed by atoms with Crippen molar-refractivity contribution in [2.24, 2.45) is 7.05 Å². The van der Waals surface area contributed by atoms with E-state index in [4.69, 9.17) is 4.74 Å². The zero-order chi connectivity index (χ0) is 12.4. The molecule has 0 atom stereocenters. The van der Waals surface area contributed by atoms with E-state index in [1.54, 1.807) is 17.1 Å². The lowest BCUT2D eigenvalue weighted by Gasteiger charge is -2.10. The Labute approximate surface area is 99.7 Å². The summed E-state index contributed by atoms with van der Waals surface area (Å²) in [6.07, 6.45) is 3.44. The Morgan fingerprint density at radius 1 is 1.29 bits per heavy atom. The Morgan fingerprint density at radius 3 is 2.65 bits per heavy atom. The van der Waals surface area contributed by atoms with Crippen LogP contribution in [0.5, 0.6) is 11.6 Å². The van der Waals surface area contributed by atoms with Crippen molar-refractivity contribution >= 4 is 5.82 Å². The predicted octanol–water partition coefficient (Wildman–Crippen LogP) is 1.66. The number of rotatable bonds is 3. The highest BCUT2D eigenvalue weighted by atomic mass is 16.5. The van der Waals surface area contributed by atoms with Crippen molar-refractivity contribution in [1.82, 2.24) is 19.7 Å². The second-order valence-corrected chi connectivity index (χ2v) is 3.75. The van der Waals surface area contributed by atoms with Gasteiger partial charge >= 0.3 is 0 Å². The van der Waals surface area contributed by atoms with E-state index in [-0.39, 0.29) is 0 Å². The van der Waals surface area contributed by atoms with E-state index in [2.05, 4.69) is 20.4 Å². The molecule has 0 fully saturated rings. The minimum atomic E-state index is 0.551. The molecule has 0 aliphatic heterocycles. The van der Waals surface area contributed by atoms with Crippen LogP contribution in [0, 0.1) is 13.8 Å². The molecule has 17 heavy (non-hydrogen) atoms. The molecular formula is C11H15N5O. The van der Waals surface area contributed by atoms with Gasteiger partial charge in [-0.15, -0.1) is 0 Å². The fourth-order valence-electron chi connectivity index (χ4n) is 1.51. The summed E-state index contributed by atoms with van der Waals surface area (Å²) in [6, 6.07) is 0. The van der Waals surface area contributed by atoms with Gasteiger partial charge in [-0.2, -0.15) is 10.1 Å². The van der Waals surface area contributed by atoms with Crippen LogP contribution in [-0.2, 0) is 7.05 Å². The molecule has 0 saturated heterocycles. The summed E-state index contributed by atoms with van der Waals surface area (Å²) in [5, 5.41) is 7.06. The molecule has 2 heterocycles. The van der Waals surface area contributed by atoms with Gasteiger partial charge < -0.3 is 10.1 Å². The molecule has 2 aromatic rings. The van der Waals surface area contributed by atoms with Crippen LogP contribution in [0.1, 0.15) is 11.4 Å². The first-order chi connectivity index (χ1) is 8.10. The average molecular weight is 233 g/mol. The molecule has 0 spiro atoms. The molecule has 0 radical (unpaired) electrons. The quantitative estimate of drug-likeness (QED) is 0.873. The maximum atomic E-state index is 5.68. The molecule has 90 valence electrons. The summed E-state index contributed by atoms with van der Waals surface area (Å²) < 4.78 is 7.36. The van der Waals surface area contributed by atoms with Gasteiger partial charge in [0.25, 0.3) is 0 Å². The largest absolute Gasteiger partial charge is 0.435 e. The number of hydrogen-bond acceptors (Lipinski definition) is 5. The first-order valence-electron chi connectivity index (χ1n) is 5.29. The first-order valence-corrected chi connectivity index (χ1v) is 5.29. The summed E-state index contributed by atoms with van der Waals surface area (Å²) in [7, 11) is 3.66. The van der Waals surface area contributed by atoms with E-state index in [0.29, 0.717) is 17.5 Å². The molecule has 0 saturated carbocycles. The molecule has 0 bridgehead atoms. The zero-order valence-electron chi connectivity index (χ0n) is 10.4. The average Bonchev–Trinajstić information content (AvgIpc) is 2.69. The second-order valence-electron chi connectivity index (χ2n) is 3.75. The fourth-order valence-corrected chi connectivity index (χ4v) is 1.51. The van der Waals surface area contributed by atoms with Gasteiger partial charge in [0.05, 0.1) is 18.0 Å². The van der Waals surface area contributed by atoms with Crippen molar-refractivity contribution in [3.63, 3.8) is 0 Å². The Bertz CT molecular complexity index is 535. The van der Waals surface area contributed by atoms with Gasteiger partial charge in [0.2, 0.25) is 5.88 Å². The van der Waals surface area contributed by atoms with Crippen LogP contribution in [0.15, 0.2) is 12.4 Å². The molecule has 0 aromatic carbocycles. The summed E-state index contributed by atoms with van der Waals surface area (Å²) >= 11 is 0. The van der Waals surface area contributed by atoms with E-state index >= 15 is 0 Å². The van der Waals surface area contributed by atoms with Crippen LogP contribution < -0.4 is 10.1 Å². The molecule has 2 rings (SSSR count). The van der Waals surface area contributed by atoms with E-state index in [1.807, 2.05) is 27.9 Å². The number of ether oxygens (including phenoxy) is 1. The lowest BCUT2D eigenvalue weighted by atomic mass is 10.3. The van der Waals surface area contributed by atoms with Crippen molar-refractivity contribution in [2.75, 3.05) is 12.4 Å². The van der Waals surface area contributed by atoms with Gasteiger partial charge in [-0.1, -0.05) is 0 Å². The van der Waals surface area contributed by atoms with Crippen LogP contribution in [0.4, 0.5) is 5.82 Å². The van der Waals surface area contributed by atoms with Gasteiger partial charge in [0.1, 0.15) is 11.6 Å². The van der Waals surface area contributed by atoms with Crippen molar-refractivity contribution in [2.45, 2.75) is 13.8 Å². The van der Waals surface area contributed by atoms with Crippen molar-refractivity contribution in [3.05, 3.63) is 23.8 Å². The maximum Gasteiger partial charge on any atom is 0.227 e. The second kappa shape index (κ2) is 4.40. The number of aromatic nitrogens is 4. The molecule has 6 nitrogen and oxygen atoms in total. The van der Waals surface area contributed by atoms with Crippen LogP contribution in [0.25, 0.3) is 0 Å². The van der Waals surface area contributed by atoms with Crippen LogP contribution in [-0.4, -0.2) is 26.8 Å². The minimum absolute atomic E-state index is 0.551. The Morgan fingerprint density at radius 2 is 2.06 bits per heavy atom. The Balaban J connectivity index is 2.35. The van der Waals surface area contributed by atoms with Crippen molar-refractivity contribution < 1.29 is 4.74 Å². The predicted molar refractivity (Wildman–Crippen MR) is 64.3 cm³/mol. The number of nitrogens with zero attached hydrogens (tertiary/aromatic N) is 4. The third kappa shape index (κ3) is 2.35. The third-order valence-corrected chi connectivity index (χ3v) is 2.35. The number of nitrogens with one attached hydrogen (secondary N) is 1. The van der Waals surface area contributed by atoms with Crippen molar-refractivity contribution in [3.8, 4) is 11.6 Å². The summed E-state index contributed by atoms with van der Waals surface area (Å²) in [6.45, 7) is 3.74. The standard InChI is InChI=1S/C11H15N5O/c1-7-10(12-3)14-8(2)15-11(7)17-9-5-13-16(4)6-9/h5-6H,1-4H3,(H,12,14,15). The van der Waals surface area contributed by atoms with E-state index in [1.165, 1.54) is 0 Å². The topological polar surface area (TPSA) is 64.9 Å². The number of anilines is 1. The Hall–Kier alpha value is -2.11. The van der Waals surface area contributed by atoms with E-state index in [9.17, 15) is 0 Å². The smallest absolute Gasteiger partial charge is 0.227 e. The third-order valence-electron chi connectivity index (χ3n) is 2.35. The summed E-state index contributed by atoms with van der Waals surface area (Å²) in [5.41, 5.74) is 0.877. The lowest BCUT2D eigenvalue weighted by Crippen LogP contribution is -2.02. The lowest BCUT2D eigenvalue weighted by molar-refractivity contribution is 0.455. The van der Waals surface area contributed by atoms with Gasteiger partial charge in [0, 0.05) is 14.1 Å². The molecule has 0 aliphatic carbocycles. The van der Waals surface area contributed by atoms with Crippen LogP contribution in [0.2, 0.25) is 0 Å². The number of aryl methyl sites for hydroxylation is 2. The highest BCUT2D eigenvalue weighted by molar-refractivity contribution is 5.48. The zero-order valence-corrected chi connectivity index (χ0v) is 10.4. The van der Waals surface area contributed by atoms with Gasteiger partial charge in [-0.25, -0.2) is 4.98 Å². The molecule has 0 unspecified atom stereocenters. The highest BCUT2D eigenvalue weighted by Gasteiger charge is 2.10. The Kier molecular flexibility index (Phi) is 2.95. The molecule has 0 aliphatic rings. The monoisotopic (exact) mass is 233 g/mol. The van der Waals surface area contributed by atoms with Crippen molar-refractivity contribution in [1.29, 1.82) is 0 Å². The molecule has 0 amide bonds. The van der Waals surface area contributed by atoms with Gasteiger partial charge in [-0.05, 0) is 13.8 Å². The summed E-state index contributed by atoms with van der Waals surface area (Å²) in [4.78, 5) is 8.55. The van der Waals surface area contributed by atoms with Crippen LogP contribution in [0.3, 0.4) is 0 Å². The molecule has 6 heteroatoms. The molecule has 2 aromatic heterocycles. The number of hydrogen-bond donors (Lipinski definition) is 1. The maximum absolute atomic E-state index is 5.68. The van der Waals surface area contributed by atoms with Gasteiger partial charge in [0.15, 0.2) is 5.75 Å².